The third-order valence-corrected chi connectivity index (χ3v) is 8.83. The summed E-state index contributed by atoms with van der Waals surface area (Å²) in [5.41, 5.74) is -2.93. The summed E-state index contributed by atoms with van der Waals surface area (Å²) in [6.45, 7) is 8.82. The molecule has 20 heteroatoms. The van der Waals surface area contributed by atoms with Gasteiger partial charge in [-0.1, -0.05) is 40.5 Å². The Morgan fingerprint density at radius 1 is 0.566 bits per heavy atom. The summed E-state index contributed by atoms with van der Waals surface area (Å²) in [6.07, 6.45) is 1.25. The maximum Gasteiger partial charge on any atom is 0.309 e. The number of hydrogen-bond donors (Lipinski definition) is 10. The Balaban J connectivity index is -0.000000633. The number of carboxylic acids is 10. The van der Waals surface area contributed by atoms with Crippen molar-refractivity contribution in [3.63, 3.8) is 0 Å². The van der Waals surface area contributed by atoms with Crippen LogP contribution in [0.25, 0.3) is 0 Å². The van der Waals surface area contributed by atoms with Crippen molar-refractivity contribution in [3.05, 3.63) is 0 Å². The lowest BCUT2D eigenvalue weighted by Gasteiger charge is -2.37. The molecule has 1 aliphatic carbocycles. The Morgan fingerprint density at radius 2 is 0.925 bits per heavy atom. The zero-order valence-corrected chi connectivity index (χ0v) is 30.4. The van der Waals surface area contributed by atoms with Crippen LogP contribution >= 0.6 is 0 Å². The van der Waals surface area contributed by atoms with Gasteiger partial charge < -0.3 is 51.1 Å². The molecule has 0 aromatic rings. The largest absolute Gasteiger partial charge is 0.481 e. The van der Waals surface area contributed by atoms with Crippen LogP contribution in [0, 0.1) is 39.9 Å². The molecule has 0 saturated heterocycles. The zero-order chi connectivity index (χ0) is 42.7. The number of carboxylic acid groups (broad SMARTS) is 10. The summed E-state index contributed by atoms with van der Waals surface area (Å²) in [7, 11) is 0. The molecule has 0 bridgehead atoms. The predicted octanol–water partition coefficient (Wildman–Crippen LogP) is 3.25. The van der Waals surface area contributed by atoms with Crippen LogP contribution < -0.4 is 0 Å². The third-order valence-electron chi connectivity index (χ3n) is 8.83. The van der Waals surface area contributed by atoms with E-state index in [0.717, 1.165) is 25.7 Å². The lowest BCUT2D eigenvalue weighted by molar-refractivity contribution is -0.159. The van der Waals surface area contributed by atoms with Crippen molar-refractivity contribution in [2.75, 3.05) is 0 Å². The molecule has 1 saturated carbocycles. The van der Waals surface area contributed by atoms with Gasteiger partial charge in [0.2, 0.25) is 0 Å². The van der Waals surface area contributed by atoms with Crippen molar-refractivity contribution >= 4 is 59.7 Å². The van der Waals surface area contributed by atoms with E-state index in [0.29, 0.717) is 5.92 Å². The van der Waals surface area contributed by atoms with E-state index in [-0.39, 0.29) is 12.8 Å². The molecule has 20 nitrogen and oxygen atoms in total. The van der Waals surface area contributed by atoms with Gasteiger partial charge in [-0.3, -0.25) is 47.9 Å². The van der Waals surface area contributed by atoms with Gasteiger partial charge in [0.25, 0.3) is 0 Å². The topological polar surface area (TPSA) is 373 Å². The second-order valence-corrected chi connectivity index (χ2v) is 14.1. The average Bonchev–Trinajstić information content (AvgIpc) is 2.95. The van der Waals surface area contributed by atoms with Crippen LogP contribution in [0.4, 0.5) is 0 Å². The van der Waals surface area contributed by atoms with Gasteiger partial charge >= 0.3 is 59.7 Å². The number of hydrogen-bond acceptors (Lipinski definition) is 10. The molecule has 0 aliphatic heterocycles. The predicted molar refractivity (Wildman–Crippen MR) is 178 cm³/mol. The number of aliphatic carboxylic acids is 10. The SMILES string of the molecule is CC(C(=O)O)C(C)(C)C(=O)O.CC(C(=O)O)C(CC(=O)O)C(=O)O.CC(CC(=O)O)(CC(=O)O)CC(=O)O.CC1CCC(CC(=O)O)(CC(=O)O)CC1. The molecule has 0 heterocycles. The van der Waals surface area contributed by atoms with Crippen LogP contribution in [0.15, 0.2) is 0 Å². The van der Waals surface area contributed by atoms with Gasteiger partial charge in [0.1, 0.15) is 0 Å². The highest BCUT2D eigenvalue weighted by atomic mass is 16.4. The smallest absolute Gasteiger partial charge is 0.309 e. The molecule has 0 aromatic heterocycles. The Labute approximate surface area is 304 Å². The molecule has 3 unspecified atom stereocenters. The summed E-state index contributed by atoms with van der Waals surface area (Å²) >= 11 is 0. The first-order chi connectivity index (χ1) is 23.8. The van der Waals surface area contributed by atoms with E-state index >= 15 is 0 Å². The van der Waals surface area contributed by atoms with Gasteiger partial charge in [0, 0.05) is 0 Å². The zero-order valence-electron chi connectivity index (χ0n) is 30.4. The van der Waals surface area contributed by atoms with Crippen molar-refractivity contribution in [2.45, 2.75) is 106 Å². The number of rotatable bonds is 18. The van der Waals surface area contributed by atoms with Crippen molar-refractivity contribution in [3.8, 4) is 0 Å². The standard InChI is InChI=1S/C11H18O4.C8H12O6.C7H10O6.C7H12O4/c1-8-2-4-11(5-3-8,6-9(12)13)7-10(14)15;1-8(2-5(9)10,3-6(11)12)4-7(13)14;1-3(6(10)11)4(7(12)13)2-5(8)9;1-4(5(8)9)7(2,3)6(10)11/h8H,2-7H2,1H3,(H,12,13)(H,14,15);2-4H2,1H3,(H,9,10)(H,11,12)(H,13,14);3-4H,2H2,1H3,(H,8,9)(H,10,11)(H,12,13);4H,1-3H3,(H,8,9)(H,10,11). The van der Waals surface area contributed by atoms with Crippen LogP contribution in [0.3, 0.4) is 0 Å². The summed E-state index contributed by atoms with van der Waals surface area (Å²) < 4.78 is 0. The first-order valence-corrected chi connectivity index (χ1v) is 16.1. The maximum absolute atomic E-state index is 10.7. The fourth-order valence-electron chi connectivity index (χ4n) is 5.05. The van der Waals surface area contributed by atoms with E-state index in [9.17, 15) is 47.9 Å². The third kappa shape index (κ3) is 23.0. The monoisotopic (exact) mass is 768 g/mol. The maximum atomic E-state index is 10.7. The number of carbonyl (C=O) groups is 10. The van der Waals surface area contributed by atoms with Crippen LogP contribution in [0.2, 0.25) is 0 Å². The minimum atomic E-state index is -1.41. The fraction of sp³-hybridized carbons (Fsp3) is 0.697. The van der Waals surface area contributed by atoms with Crippen LogP contribution in [0.1, 0.15) is 106 Å². The molecule has 10 N–H and O–H groups in total. The molecule has 0 aromatic carbocycles. The molecule has 1 fully saturated rings. The van der Waals surface area contributed by atoms with E-state index in [1.807, 2.05) is 0 Å². The molecule has 0 amide bonds. The van der Waals surface area contributed by atoms with E-state index in [2.05, 4.69) is 6.92 Å². The van der Waals surface area contributed by atoms with Crippen molar-refractivity contribution in [1.82, 2.24) is 0 Å². The fourth-order valence-corrected chi connectivity index (χ4v) is 5.05. The average molecular weight is 769 g/mol. The lowest BCUT2D eigenvalue weighted by atomic mass is 9.67. The molecule has 304 valence electrons. The van der Waals surface area contributed by atoms with Gasteiger partial charge in [-0.05, 0) is 43.4 Å². The molecule has 1 aliphatic rings. The molecule has 53 heavy (non-hydrogen) atoms. The summed E-state index contributed by atoms with van der Waals surface area (Å²) in [5, 5.41) is 85.5. The van der Waals surface area contributed by atoms with Gasteiger partial charge in [0.05, 0.1) is 61.7 Å². The van der Waals surface area contributed by atoms with E-state index in [1.54, 1.807) is 0 Å². The quantitative estimate of drug-likeness (QED) is 0.0956. The van der Waals surface area contributed by atoms with Crippen molar-refractivity contribution < 1.29 is 99.0 Å². The second-order valence-electron chi connectivity index (χ2n) is 14.1. The highest BCUT2D eigenvalue weighted by Crippen LogP contribution is 2.44. The molecule has 1 rings (SSSR count). The Hall–Kier alpha value is -5.30. The lowest BCUT2D eigenvalue weighted by Crippen LogP contribution is -2.35. The Morgan fingerprint density at radius 3 is 1.13 bits per heavy atom. The second kappa shape index (κ2) is 23.3. The highest BCUT2D eigenvalue weighted by Gasteiger charge is 2.39. The van der Waals surface area contributed by atoms with Crippen LogP contribution in [-0.4, -0.2) is 111 Å². The minimum absolute atomic E-state index is 0.00792. The van der Waals surface area contributed by atoms with Crippen LogP contribution in [-0.2, 0) is 47.9 Å². The van der Waals surface area contributed by atoms with Gasteiger partial charge in [0.15, 0.2) is 0 Å². The van der Waals surface area contributed by atoms with Gasteiger partial charge in [-0.15, -0.1) is 0 Å². The summed E-state index contributed by atoms with van der Waals surface area (Å²) in [4.78, 5) is 105. The summed E-state index contributed by atoms with van der Waals surface area (Å²) in [5.74, 6) is -14.4. The van der Waals surface area contributed by atoms with Gasteiger partial charge in [-0.2, -0.15) is 0 Å². The molecule has 0 radical (unpaired) electrons. The Bertz CT molecular complexity index is 1260. The first kappa shape index (κ1) is 52.1. The van der Waals surface area contributed by atoms with Crippen molar-refractivity contribution in [1.29, 1.82) is 0 Å². The van der Waals surface area contributed by atoms with E-state index in [4.69, 9.17) is 51.1 Å². The van der Waals surface area contributed by atoms with E-state index in [1.165, 1.54) is 34.6 Å². The molecule has 3 atom stereocenters. The molecule has 0 spiro atoms. The molecular weight excluding hydrogens is 716 g/mol. The van der Waals surface area contributed by atoms with Crippen LogP contribution in [0.5, 0.6) is 0 Å². The van der Waals surface area contributed by atoms with Crippen molar-refractivity contribution in [2.24, 2.45) is 39.9 Å². The van der Waals surface area contributed by atoms with E-state index < -0.39 is 119 Å². The molecular formula is C33H52O20. The summed E-state index contributed by atoms with van der Waals surface area (Å²) in [6, 6.07) is 0. The Kier molecular flexibility index (Phi) is 22.9. The first-order valence-electron chi connectivity index (χ1n) is 16.1. The minimum Gasteiger partial charge on any atom is -0.481 e. The van der Waals surface area contributed by atoms with Gasteiger partial charge in [-0.25, -0.2) is 0 Å². The highest BCUT2D eigenvalue weighted by molar-refractivity contribution is 5.84. The normalized spacial score (nSPS) is 15.4.